The summed E-state index contributed by atoms with van der Waals surface area (Å²) in [5.74, 6) is 0.408. The van der Waals surface area contributed by atoms with Crippen molar-refractivity contribution in [3.63, 3.8) is 0 Å². The lowest BCUT2D eigenvalue weighted by molar-refractivity contribution is -0.143. The van der Waals surface area contributed by atoms with Gasteiger partial charge >= 0.3 is 5.91 Å². The summed E-state index contributed by atoms with van der Waals surface area (Å²) >= 11 is 0. The maximum atomic E-state index is 11.5. The molecule has 0 aromatic heterocycles. The quantitative estimate of drug-likeness (QED) is 0.397. The molecule has 1 heterocycles. The van der Waals surface area contributed by atoms with Gasteiger partial charge in [-0.1, -0.05) is 12.8 Å². The van der Waals surface area contributed by atoms with E-state index in [4.69, 9.17) is 6.42 Å². The zero-order valence-electron chi connectivity index (χ0n) is 12.9. The third-order valence-electron chi connectivity index (χ3n) is 3.53. The van der Waals surface area contributed by atoms with E-state index in [9.17, 15) is 19.2 Å². The lowest BCUT2D eigenvalue weighted by atomic mass is 10.1. The van der Waals surface area contributed by atoms with E-state index in [0.717, 1.165) is 17.7 Å². The standard InChI is InChI=1S/C16H20N2O4/c1-4-14(20)18(13(3)19)12(2)8-6-5-7-11-17-15(21)9-10-16(17)22/h1,9-10,12H,5-8,11H2,2-3H3. The molecule has 0 aromatic rings. The lowest BCUT2D eigenvalue weighted by Crippen LogP contribution is -2.41. The van der Waals surface area contributed by atoms with Crippen LogP contribution in [0.1, 0.15) is 39.5 Å². The van der Waals surface area contributed by atoms with E-state index in [1.165, 1.54) is 24.0 Å². The first-order valence-electron chi connectivity index (χ1n) is 7.22. The number of terminal acetylenes is 1. The second kappa shape index (κ2) is 8.13. The van der Waals surface area contributed by atoms with Crippen LogP contribution in [0.4, 0.5) is 0 Å². The van der Waals surface area contributed by atoms with E-state index < -0.39 is 5.91 Å². The number of rotatable bonds is 7. The summed E-state index contributed by atoms with van der Waals surface area (Å²) in [7, 11) is 0. The highest BCUT2D eigenvalue weighted by Gasteiger charge is 2.23. The van der Waals surface area contributed by atoms with Gasteiger partial charge in [0.25, 0.3) is 11.8 Å². The van der Waals surface area contributed by atoms with Crippen molar-refractivity contribution in [3.05, 3.63) is 12.2 Å². The first-order chi connectivity index (χ1) is 10.4. The van der Waals surface area contributed by atoms with Crippen molar-refractivity contribution in [2.75, 3.05) is 6.54 Å². The van der Waals surface area contributed by atoms with Gasteiger partial charge in [-0.2, -0.15) is 0 Å². The number of carbonyl (C=O) groups is 4. The molecule has 0 aromatic carbocycles. The van der Waals surface area contributed by atoms with Gasteiger partial charge in [-0.25, -0.2) is 0 Å². The van der Waals surface area contributed by atoms with Gasteiger partial charge < -0.3 is 0 Å². The van der Waals surface area contributed by atoms with Crippen LogP contribution in [-0.4, -0.2) is 46.0 Å². The van der Waals surface area contributed by atoms with Crippen molar-refractivity contribution in [2.45, 2.75) is 45.6 Å². The molecule has 22 heavy (non-hydrogen) atoms. The van der Waals surface area contributed by atoms with E-state index in [1.807, 2.05) is 5.92 Å². The highest BCUT2D eigenvalue weighted by Crippen LogP contribution is 2.12. The Balaban J connectivity index is 2.30. The van der Waals surface area contributed by atoms with Gasteiger partial charge in [0.05, 0.1) is 0 Å². The van der Waals surface area contributed by atoms with Gasteiger partial charge in [-0.05, 0) is 25.7 Å². The molecule has 6 nitrogen and oxygen atoms in total. The normalized spacial score (nSPS) is 14.9. The number of imide groups is 2. The van der Waals surface area contributed by atoms with E-state index in [-0.39, 0.29) is 23.8 Å². The molecule has 0 saturated carbocycles. The highest BCUT2D eigenvalue weighted by molar-refractivity contribution is 6.12. The minimum atomic E-state index is -0.626. The van der Waals surface area contributed by atoms with Crippen molar-refractivity contribution in [1.29, 1.82) is 0 Å². The monoisotopic (exact) mass is 304 g/mol. The fourth-order valence-electron chi connectivity index (χ4n) is 2.39. The van der Waals surface area contributed by atoms with Crippen molar-refractivity contribution < 1.29 is 19.2 Å². The van der Waals surface area contributed by atoms with E-state index in [1.54, 1.807) is 6.92 Å². The second-order valence-corrected chi connectivity index (χ2v) is 5.20. The summed E-state index contributed by atoms with van der Waals surface area (Å²) in [6.45, 7) is 3.47. The molecule has 0 bridgehead atoms. The zero-order valence-corrected chi connectivity index (χ0v) is 12.9. The lowest BCUT2D eigenvalue weighted by Gasteiger charge is -2.24. The summed E-state index contributed by atoms with van der Waals surface area (Å²) < 4.78 is 0. The van der Waals surface area contributed by atoms with E-state index >= 15 is 0 Å². The molecule has 1 rings (SSSR count). The van der Waals surface area contributed by atoms with Crippen LogP contribution in [0.15, 0.2) is 12.2 Å². The third kappa shape index (κ3) is 4.55. The maximum Gasteiger partial charge on any atom is 0.305 e. The summed E-state index contributed by atoms with van der Waals surface area (Å²) in [6, 6.07) is -0.266. The number of hydrogen-bond acceptors (Lipinski definition) is 4. The predicted octanol–water partition coefficient (Wildman–Crippen LogP) is 0.869. The molecule has 0 saturated heterocycles. The van der Waals surface area contributed by atoms with Gasteiger partial charge in [0, 0.05) is 31.7 Å². The molecular weight excluding hydrogens is 284 g/mol. The minimum absolute atomic E-state index is 0.266. The first kappa shape index (κ1) is 17.6. The minimum Gasteiger partial charge on any atom is -0.275 e. The summed E-state index contributed by atoms with van der Waals surface area (Å²) in [4.78, 5) is 47.9. The molecule has 0 fully saturated rings. The van der Waals surface area contributed by atoms with Gasteiger partial charge in [-0.3, -0.25) is 29.0 Å². The van der Waals surface area contributed by atoms with Crippen LogP contribution in [0.3, 0.4) is 0 Å². The molecule has 0 spiro atoms. The number of amides is 4. The Bertz CT molecular complexity index is 527. The van der Waals surface area contributed by atoms with Crippen LogP contribution in [0.2, 0.25) is 0 Å². The molecule has 4 amide bonds. The Morgan fingerprint density at radius 1 is 1.23 bits per heavy atom. The number of hydrogen-bond donors (Lipinski definition) is 0. The molecule has 118 valence electrons. The van der Waals surface area contributed by atoms with Crippen molar-refractivity contribution in [3.8, 4) is 12.3 Å². The smallest absolute Gasteiger partial charge is 0.275 e. The Labute approximate surface area is 130 Å². The molecule has 1 unspecified atom stereocenters. The van der Waals surface area contributed by atoms with Gasteiger partial charge in [0.1, 0.15) is 0 Å². The average Bonchev–Trinajstić information content (AvgIpc) is 2.77. The van der Waals surface area contributed by atoms with E-state index in [0.29, 0.717) is 19.4 Å². The SMILES string of the molecule is C#CC(=O)N(C(C)=O)C(C)CCCCCN1C(=O)C=CC1=O. The maximum absolute atomic E-state index is 11.5. The van der Waals surface area contributed by atoms with Crippen LogP contribution < -0.4 is 0 Å². The number of carbonyl (C=O) groups excluding carboxylic acids is 4. The van der Waals surface area contributed by atoms with Crippen molar-refractivity contribution >= 4 is 23.6 Å². The van der Waals surface area contributed by atoms with Crippen LogP contribution in [-0.2, 0) is 19.2 Å². The molecule has 0 aliphatic carbocycles. The van der Waals surface area contributed by atoms with Crippen molar-refractivity contribution in [1.82, 2.24) is 9.80 Å². The molecule has 1 aliphatic rings. The van der Waals surface area contributed by atoms with Gasteiger partial charge in [-0.15, -0.1) is 6.42 Å². The van der Waals surface area contributed by atoms with Crippen LogP contribution >= 0.6 is 0 Å². The Morgan fingerprint density at radius 2 is 1.82 bits per heavy atom. The highest BCUT2D eigenvalue weighted by atomic mass is 16.2. The van der Waals surface area contributed by atoms with Crippen LogP contribution in [0, 0.1) is 12.3 Å². The van der Waals surface area contributed by atoms with E-state index in [2.05, 4.69) is 0 Å². The molecule has 1 atom stereocenters. The Morgan fingerprint density at radius 3 is 2.32 bits per heavy atom. The number of unbranched alkanes of at least 4 members (excludes halogenated alkanes) is 2. The van der Waals surface area contributed by atoms with Crippen LogP contribution in [0.25, 0.3) is 0 Å². The predicted molar refractivity (Wildman–Crippen MR) is 80.2 cm³/mol. The van der Waals surface area contributed by atoms with Crippen molar-refractivity contribution in [2.24, 2.45) is 0 Å². The molecule has 1 aliphatic heterocycles. The topological polar surface area (TPSA) is 74.8 Å². The first-order valence-corrected chi connectivity index (χ1v) is 7.22. The fraction of sp³-hybridized carbons (Fsp3) is 0.500. The molecular formula is C16H20N2O4. The average molecular weight is 304 g/mol. The second-order valence-electron chi connectivity index (χ2n) is 5.20. The summed E-state index contributed by atoms with van der Waals surface area (Å²) in [5, 5.41) is 0. The molecule has 0 radical (unpaired) electrons. The Hall–Kier alpha value is -2.42. The number of nitrogens with zero attached hydrogens (tertiary/aromatic N) is 2. The Kier molecular flexibility index (Phi) is 6.51. The summed E-state index contributed by atoms with van der Waals surface area (Å²) in [5.41, 5.74) is 0. The third-order valence-corrected chi connectivity index (χ3v) is 3.53. The molecule has 6 heteroatoms. The fourth-order valence-corrected chi connectivity index (χ4v) is 2.39. The summed E-state index contributed by atoms with van der Waals surface area (Å²) in [6.07, 6.45) is 10.5. The largest absolute Gasteiger partial charge is 0.305 e. The van der Waals surface area contributed by atoms with Crippen LogP contribution in [0.5, 0.6) is 0 Å². The van der Waals surface area contributed by atoms with Gasteiger partial charge in [0.2, 0.25) is 5.91 Å². The molecule has 0 N–H and O–H groups in total. The van der Waals surface area contributed by atoms with Gasteiger partial charge in [0.15, 0.2) is 0 Å². The zero-order chi connectivity index (χ0) is 16.7.